The molecule has 2 amide bonds. The van der Waals surface area contributed by atoms with Crippen LogP contribution in [0.4, 0.5) is 17.1 Å². The van der Waals surface area contributed by atoms with Crippen molar-refractivity contribution in [3.63, 3.8) is 0 Å². The third-order valence-electron chi connectivity index (χ3n) is 4.58. The number of hydrogen-bond donors (Lipinski definition) is 1. The fourth-order valence-electron chi connectivity index (χ4n) is 2.85. The Morgan fingerprint density at radius 3 is 2.28 bits per heavy atom. The number of nitrogens with zero attached hydrogens (tertiary/aromatic N) is 2. The first-order chi connectivity index (χ1) is 15.4. The minimum absolute atomic E-state index is 0.152. The van der Waals surface area contributed by atoms with E-state index in [2.05, 4.69) is 5.32 Å². The van der Waals surface area contributed by atoms with E-state index in [-0.39, 0.29) is 29.7 Å². The lowest BCUT2D eigenvalue weighted by Gasteiger charge is -2.18. The second-order valence-electron chi connectivity index (χ2n) is 6.73. The Balaban J connectivity index is 1.56. The van der Waals surface area contributed by atoms with Crippen molar-refractivity contribution in [3.05, 3.63) is 88.5 Å². The van der Waals surface area contributed by atoms with Gasteiger partial charge in [-0.15, -0.1) is 0 Å². The van der Waals surface area contributed by atoms with Crippen LogP contribution in [-0.4, -0.2) is 37.5 Å². The number of amides is 2. The predicted octanol–water partition coefficient (Wildman–Crippen LogP) is 3.90. The molecule has 9 heteroatoms. The molecule has 0 aromatic heterocycles. The van der Waals surface area contributed by atoms with E-state index in [0.717, 1.165) is 0 Å². The van der Waals surface area contributed by atoms with Crippen molar-refractivity contribution in [1.82, 2.24) is 0 Å². The number of nitrogens with one attached hydrogen (secondary N) is 1. The highest BCUT2D eigenvalue weighted by molar-refractivity contribution is 6.06. The maximum atomic E-state index is 12.6. The summed E-state index contributed by atoms with van der Waals surface area (Å²) in [6, 6.07) is 19.0. The van der Waals surface area contributed by atoms with Gasteiger partial charge < -0.3 is 19.7 Å². The second kappa shape index (κ2) is 10.1. The van der Waals surface area contributed by atoms with Crippen LogP contribution in [0, 0.1) is 10.1 Å². The van der Waals surface area contributed by atoms with Gasteiger partial charge in [-0.05, 0) is 54.6 Å². The quantitative estimate of drug-likeness (QED) is 0.424. The van der Waals surface area contributed by atoms with Crippen molar-refractivity contribution >= 4 is 28.9 Å². The molecule has 0 aliphatic heterocycles. The molecule has 164 valence electrons. The SMILES string of the molecule is COc1ccc(NC(=O)COc2ccc(N(C)C(=O)c3cccc([N+](=O)[O-])c3)cc2)cc1. The van der Waals surface area contributed by atoms with Gasteiger partial charge in [0, 0.05) is 36.1 Å². The van der Waals surface area contributed by atoms with Crippen molar-refractivity contribution in [3.8, 4) is 11.5 Å². The topological polar surface area (TPSA) is 111 Å². The number of benzene rings is 3. The summed E-state index contributed by atoms with van der Waals surface area (Å²) in [7, 11) is 3.13. The highest BCUT2D eigenvalue weighted by Gasteiger charge is 2.16. The molecule has 0 fully saturated rings. The van der Waals surface area contributed by atoms with Crippen LogP contribution in [0.2, 0.25) is 0 Å². The minimum atomic E-state index is -0.548. The number of methoxy groups -OCH3 is 1. The Kier molecular flexibility index (Phi) is 7.02. The number of nitro groups is 1. The molecule has 32 heavy (non-hydrogen) atoms. The first-order valence-corrected chi connectivity index (χ1v) is 9.56. The molecule has 0 saturated heterocycles. The zero-order valence-electron chi connectivity index (χ0n) is 17.5. The van der Waals surface area contributed by atoms with Gasteiger partial charge in [0.05, 0.1) is 12.0 Å². The van der Waals surface area contributed by atoms with Gasteiger partial charge in [0.1, 0.15) is 11.5 Å². The van der Waals surface area contributed by atoms with Crippen LogP contribution < -0.4 is 19.7 Å². The van der Waals surface area contributed by atoms with Gasteiger partial charge in [-0.2, -0.15) is 0 Å². The molecule has 3 aromatic carbocycles. The Morgan fingerprint density at radius 2 is 1.66 bits per heavy atom. The van der Waals surface area contributed by atoms with Crippen LogP contribution in [0.5, 0.6) is 11.5 Å². The Morgan fingerprint density at radius 1 is 1.00 bits per heavy atom. The van der Waals surface area contributed by atoms with Gasteiger partial charge in [-0.1, -0.05) is 6.07 Å². The van der Waals surface area contributed by atoms with Gasteiger partial charge in [-0.3, -0.25) is 19.7 Å². The molecule has 0 saturated carbocycles. The average Bonchev–Trinajstić information content (AvgIpc) is 2.82. The molecule has 3 rings (SSSR count). The van der Waals surface area contributed by atoms with Gasteiger partial charge in [0.25, 0.3) is 17.5 Å². The third kappa shape index (κ3) is 5.60. The molecule has 0 aliphatic carbocycles. The van der Waals surface area contributed by atoms with Crippen molar-refractivity contribution < 1.29 is 24.0 Å². The molecule has 0 atom stereocenters. The zero-order valence-corrected chi connectivity index (χ0v) is 17.5. The lowest BCUT2D eigenvalue weighted by Crippen LogP contribution is -2.26. The zero-order chi connectivity index (χ0) is 23.1. The third-order valence-corrected chi connectivity index (χ3v) is 4.58. The molecule has 9 nitrogen and oxygen atoms in total. The number of carbonyl (C=O) groups is 2. The van der Waals surface area contributed by atoms with E-state index in [1.807, 2.05) is 0 Å². The van der Waals surface area contributed by atoms with E-state index in [1.54, 1.807) is 62.7 Å². The summed E-state index contributed by atoms with van der Waals surface area (Å²) in [6.07, 6.45) is 0. The summed E-state index contributed by atoms with van der Waals surface area (Å²) in [6.45, 7) is -0.187. The number of anilines is 2. The lowest BCUT2D eigenvalue weighted by molar-refractivity contribution is -0.384. The van der Waals surface area contributed by atoms with Crippen LogP contribution in [-0.2, 0) is 4.79 Å². The molecular weight excluding hydrogens is 414 g/mol. The van der Waals surface area contributed by atoms with E-state index in [0.29, 0.717) is 22.9 Å². The summed E-state index contributed by atoms with van der Waals surface area (Å²) >= 11 is 0. The molecule has 0 unspecified atom stereocenters. The summed E-state index contributed by atoms with van der Waals surface area (Å²) in [5.74, 6) is 0.432. The molecular formula is C23H21N3O6. The second-order valence-corrected chi connectivity index (χ2v) is 6.73. The molecule has 3 aromatic rings. The van der Waals surface area contributed by atoms with E-state index in [4.69, 9.17) is 9.47 Å². The maximum Gasteiger partial charge on any atom is 0.270 e. The molecule has 0 aliphatic rings. The summed E-state index contributed by atoms with van der Waals surface area (Å²) in [5, 5.41) is 13.6. The van der Waals surface area contributed by atoms with Crippen LogP contribution >= 0.6 is 0 Å². The monoisotopic (exact) mass is 435 g/mol. The summed E-state index contributed by atoms with van der Waals surface area (Å²) < 4.78 is 10.6. The number of hydrogen-bond acceptors (Lipinski definition) is 6. The Bertz CT molecular complexity index is 1110. The van der Waals surface area contributed by atoms with Crippen LogP contribution in [0.1, 0.15) is 10.4 Å². The first-order valence-electron chi connectivity index (χ1n) is 9.56. The predicted molar refractivity (Wildman–Crippen MR) is 119 cm³/mol. The van der Waals surface area contributed by atoms with Gasteiger partial charge >= 0.3 is 0 Å². The Hall–Kier alpha value is -4.40. The van der Waals surface area contributed by atoms with Gasteiger partial charge in [0.15, 0.2) is 6.61 Å². The van der Waals surface area contributed by atoms with E-state index >= 15 is 0 Å². The fourth-order valence-corrected chi connectivity index (χ4v) is 2.85. The maximum absolute atomic E-state index is 12.6. The molecule has 1 N–H and O–H groups in total. The van der Waals surface area contributed by atoms with Gasteiger partial charge in [0.2, 0.25) is 0 Å². The molecule has 0 spiro atoms. The van der Waals surface area contributed by atoms with Crippen molar-refractivity contribution in [2.75, 3.05) is 31.0 Å². The smallest absolute Gasteiger partial charge is 0.270 e. The van der Waals surface area contributed by atoms with Crippen LogP contribution in [0.3, 0.4) is 0 Å². The van der Waals surface area contributed by atoms with E-state index < -0.39 is 4.92 Å². The average molecular weight is 435 g/mol. The van der Waals surface area contributed by atoms with E-state index in [1.165, 1.54) is 29.2 Å². The number of nitro benzene ring substituents is 1. The van der Waals surface area contributed by atoms with Crippen molar-refractivity contribution in [1.29, 1.82) is 0 Å². The van der Waals surface area contributed by atoms with Crippen molar-refractivity contribution in [2.24, 2.45) is 0 Å². The normalized spacial score (nSPS) is 10.2. The standard InChI is InChI=1S/C23H21N3O6/c1-25(23(28)16-4-3-5-19(14-16)26(29)30)18-8-12-21(13-9-18)32-15-22(27)24-17-6-10-20(31-2)11-7-17/h3-14H,15H2,1-2H3,(H,24,27). The summed E-state index contributed by atoms with van der Waals surface area (Å²) in [4.78, 5) is 36.5. The number of non-ortho nitro benzene ring substituents is 1. The highest BCUT2D eigenvalue weighted by Crippen LogP contribution is 2.22. The largest absolute Gasteiger partial charge is 0.497 e. The minimum Gasteiger partial charge on any atom is -0.497 e. The lowest BCUT2D eigenvalue weighted by atomic mass is 10.1. The Labute approximate surface area is 184 Å². The van der Waals surface area contributed by atoms with Crippen LogP contribution in [0.25, 0.3) is 0 Å². The number of ether oxygens (including phenoxy) is 2. The molecule has 0 heterocycles. The fraction of sp³-hybridized carbons (Fsp3) is 0.130. The van der Waals surface area contributed by atoms with Gasteiger partial charge in [-0.25, -0.2) is 0 Å². The summed E-state index contributed by atoms with van der Waals surface area (Å²) in [5.41, 5.74) is 1.24. The van der Waals surface area contributed by atoms with Crippen molar-refractivity contribution in [2.45, 2.75) is 0 Å². The van der Waals surface area contributed by atoms with Crippen LogP contribution in [0.15, 0.2) is 72.8 Å². The first kappa shape index (κ1) is 22.3. The van der Waals surface area contributed by atoms with E-state index in [9.17, 15) is 19.7 Å². The molecule has 0 radical (unpaired) electrons. The molecule has 0 bridgehead atoms. The highest BCUT2D eigenvalue weighted by atomic mass is 16.6. The number of rotatable bonds is 8. The number of carbonyl (C=O) groups excluding carboxylic acids is 2.